The van der Waals surface area contributed by atoms with Crippen molar-refractivity contribution in [3.05, 3.63) is 63.4 Å². The average Bonchev–Trinajstić information content (AvgIpc) is 2.71. The summed E-state index contributed by atoms with van der Waals surface area (Å²) >= 11 is 3.59. The number of likely N-dealkylation sites (tertiary alicyclic amines) is 1. The number of aromatic nitrogens is 1. The fourth-order valence-electron chi connectivity index (χ4n) is 4.36. The van der Waals surface area contributed by atoms with Gasteiger partial charge in [-0.05, 0) is 80.7 Å². The van der Waals surface area contributed by atoms with Crippen molar-refractivity contribution in [3.63, 3.8) is 0 Å². The van der Waals surface area contributed by atoms with Crippen molar-refractivity contribution in [2.75, 3.05) is 20.1 Å². The number of hydrogen-bond acceptors (Lipinski definition) is 3. The van der Waals surface area contributed by atoms with Gasteiger partial charge in [-0.25, -0.2) is 0 Å². The van der Waals surface area contributed by atoms with Crippen LogP contribution in [0.2, 0.25) is 0 Å². The molecule has 2 aromatic rings. The monoisotopic (exact) mass is 386 g/mol. The molecule has 0 unspecified atom stereocenters. The Kier molecular flexibility index (Phi) is 4.23. The maximum Gasteiger partial charge on any atom is 0.135 e. The van der Waals surface area contributed by atoms with Crippen molar-refractivity contribution in [1.29, 1.82) is 0 Å². The van der Waals surface area contributed by atoms with Gasteiger partial charge in [0.15, 0.2) is 0 Å². The zero-order valence-electron chi connectivity index (χ0n) is 14.0. The van der Waals surface area contributed by atoms with Crippen LogP contribution in [0, 0.1) is 5.92 Å². The van der Waals surface area contributed by atoms with Crippen LogP contribution < -0.4 is 0 Å². The summed E-state index contributed by atoms with van der Waals surface area (Å²) < 4.78 is 1.07. The number of benzene rings is 1. The number of fused-ring (bicyclic) bond motifs is 2. The zero-order chi connectivity index (χ0) is 16.7. The van der Waals surface area contributed by atoms with Crippen LogP contribution in [0.4, 0.5) is 0 Å². The third-order valence-corrected chi connectivity index (χ3v) is 6.20. The van der Waals surface area contributed by atoms with Gasteiger partial charge in [-0.3, -0.25) is 4.98 Å². The van der Waals surface area contributed by atoms with E-state index in [9.17, 15) is 5.11 Å². The van der Waals surface area contributed by atoms with Crippen molar-refractivity contribution >= 4 is 15.9 Å². The smallest absolute Gasteiger partial charge is 0.135 e. The Morgan fingerprint density at radius 1 is 1.17 bits per heavy atom. The Balaban J connectivity index is 1.90. The average molecular weight is 387 g/mol. The minimum Gasteiger partial charge on any atom is -0.378 e. The van der Waals surface area contributed by atoms with Crippen LogP contribution in [0.1, 0.15) is 35.2 Å². The Labute approximate surface area is 151 Å². The number of rotatable bonds is 1. The summed E-state index contributed by atoms with van der Waals surface area (Å²) in [6.45, 7) is 2.06. The minimum atomic E-state index is -0.982. The molecule has 1 saturated heterocycles. The molecule has 0 spiro atoms. The molecule has 4 rings (SSSR count). The van der Waals surface area contributed by atoms with Crippen LogP contribution in [0.5, 0.6) is 0 Å². The van der Waals surface area contributed by atoms with E-state index in [-0.39, 0.29) is 5.92 Å². The van der Waals surface area contributed by atoms with E-state index in [4.69, 9.17) is 0 Å². The SMILES string of the molecule is CN1CCC([C@@]2(O)c3ccc(Br)cc3CCc3cccnc32)CC1. The van der Waals surface area contributed by atoms with E-state index < -0.39 is 5.60 Å². The molecular formula is C20H23BrN2O. The molecule has 1 aromatic carbocycles. The van der Waals surface area contributed by atoms with Crippen molar-refractivity contribution in [2.24, 2.45) is 5.92 Å². The lowest BCUT2D eigenvalue weighted by Gasteiger charge is -2.41. The van der Waals surface area contributed by atoms with Gasteiger partial charge in [-0.1, -0.05) is 28.1 Å². The van der Waals surface area contributed by atoms with E-state index in [1.54, 1.807) is 0 Å². The second-order valence-corrected chi connectivity index (χ2v) is 8.07. The highest BCUT2D eigenvalue weighted by Crippen LogP contribution is 2.45. The molecule has 2 aliphatic rings. The van der Waals surface area contributed by atoms with Gasteiger partial charge in [-0.15, -0.1) is 0 Å². The Morgan fingerprint density at radius 3 is 2.71 bits per heavy atom. The largest absolute Gasteiger partial charge is 0.378 e. The summed E-state index contributed by atoms with van der Waals surface area (Å²) in [7, 11) is 2.16. The van der Waals surface area contributed by atoms with Crippen molar-refractivity contribution in [3.8, 4) is 0 Å². The molecule has 2 heterocycles. The van der Waals surface area contributed by atoms with E-state index >= 15 is 0 Å². The Hall–Kier alpha value is -1.23. The van der Waals surface area contributed by atoms with E-state index in [0.717, 1.165) is 54.5 Å². The molecule has 1 N–H and O–H groups in total. The molecular weight excluding hydrogens is 364 g/mol. The van der Waals surface area contributed by atoms with Gasteiger partial charge in [0.05, 0.1) is 5.69 Å². The molecule has 1 fully saturated rings. The first-order valence-corrected chi connectivity index (χ1v) is 9.52. The lowest BCUT2D eigenvalue weighted by Crippen LogP contribution is -2.44. The fourth-order valence-corrected chi connectivity index (χ4v) is 4.77. The van der Waals surface area contributed by atoms with Gasteiger partial charge in [0.1, 0.15) is 5.60 Å². The molecule has 1 aromatic heterocycles. The van der Waals surface area contributed by atoms with Crippen LogP contribution in [0.3, 0.4) is 0 Å². The van der Waals surface area contributed by atoms with Gasteiger partial charge in [0.25, 0.3) is 0 Å². The minimum absolute atomic E-state index is 0.209. The van der Waals surface area contributed by atoms with Crippen LogP contribution in [-0.2, 0) is 18.4 Å². The van der Waals surface area contributed by atoms with Crippen LogP contribution in [0.15, 0.2) is 41.0 Å². The molecule has 0 bridgehead atoms. The summed E-state index contributed by atoms with van der Waals surface area (Å²) in [4.78, 5) is 7.02. The first-order chi connectivity index (χ1) is 11.6. The number of aryl methyl sites for hydroxylation is 2. The molecule has 4 heteroatoms. The number of halogens is 1. The maximum atomic E-state index is 12.1. The third kappa shape index (κ3) is 2.61. The van der Waals surface area contributed by atoms with E-state index in [1.165, 1.54) is 11.1 Å². The normalized spacial score (nSPS) is 25.0. The van der Waals surface area contributed by atoms with Crippen molar-refractivity contribution < 1.29 is 5.11 Å². The van der Waals surface area contributed by atoms with Crippen LogP contribution >= 0.6 is 15.9 Å². The summed E-state index contributed by atoms with van der Waals surface area (Å²) in [5, 5.41) is 12.1. The van der Waals surface area contributed by atoms with Gasteiger partial charge in [0.2, 0.25) is 0 Å². The number of nitrogens with zero attached hydrogens (tertiary/aromatic N) is 2. The standard InChI is InChI=1S/C20H23BrN2O/c1-23-11-8-16(9-12-23)20(24)18-7-6-17(21)13-15(18)5-4-14-3-2-10-22-19(14)20/h2-3,6-7,10,13,16,24H,4-5,8-9,11-12H2,1H3/t20-/m1/s1. The van der Waals surface area contributed by atoms with Crippen LogP contribution in [0.25, 0.3) is 0 Å². The van der Waals surface area contributed by atoms with E-state index in [2.05, 4.69) is 51.1 Å². The van der Waals surface area contributed by atoms with Gasteiger partial charge in [-0.2, -0.15) is 0 Å². The quantitative estimate of drug-likeness (QED) is 0.814. The predicted octanol–water partition coefficient (Wildman–Crippen LogP) is 3.52. The zero-order valence-corrected chi connectivity index (χ0v) is 15.6. The number of pyridine rings is 1. The maximum absolute atomic E-state index is 12.1. The van der Waals surface area contributed by atoms with E-state index in [1.807, 2.05) is 18.3 Å². The second-order valence-electron chi connectivity index (χ2n) is 7.16. The highest BCUT2D eigenvalue weighted by atomic mass is 79.9. The summed E-state index contributed by atoms with van der Waals surface area (Å²) in [6, 6.07) is 10.4. The number of piperidine rings is 1. The molecule has 24 heavy (non-hydrogen) atoms. The first kappa shape index (κ1) is 16.2. The van der Waals surface area contributed by atoms with Gasteiger partial charge < -0.3 is 10.0 Å². The third-order valence-electron chi connectivity index (χ3n) is 5.70. The van der Waals surface area contributed by atoms with E-state index in [0.29, 0.717) is 0 Å². The lowest BCUT2D eigenvalue weighted by molar-refractivity contribution is -0.0148. The number of aliphatic hydroxyl groups is 1. The van der Waals surface area contributed by atoms with Gasteiger partial charge >= 0.3 is 0 Å². The molecule has 3 nitrogen and oxygen atoms in total. The summed E-state index contributed by atoms with van der Waals surface area (Å²) in [5.74, 6) is 0.209. The van der Waals surface area contributed by atoms with Gasteiger partial charge in [0, 0.05) is 16.6 Å². The Morgan fingerprint density at radius 2 is 1.92 bits per heavy atom. The molecule has 1 atom stereocenters. The summed E-state index contributed by atoms with van der Waals surface area (Å²) in [5.41, 5.74) is 3.37. The topological polar surface area (TPSA) is 36.4 Å². The predicted molar refractivity (Wildman–Crippen MR) is 99.0 cm³/mol. The molecule has 126 valence electrons. The molecule has 0 amide bonds. The highest BCUT2D eigenvalue weighted by Gasteiger charge is 2.45. The van der Waals surface area contributed by atoms with Crippen molar-refractivity contribution in [2.45, 2.75) is 31.3 Å². The Bertz CT molecular complexity index is 755. The highest BCUT2D eigenvalue weighted by molar-refractivity contribution is 9.10. The molecule has 1 aliphatic heterocycles. The lowest BCUT2D eigenvalue weighted by atomic mass is 9.72. The first-order valence-electron chi connectivity index (χ1n) is 8.73. The van der Waals surface area contributed by atoms with Crippen molar-refractivity contribution in [1.82, 2.24) is 9.88 Å². The fraction of sp³-hybridized carbons (Fsp3) is 0.450. The second kappa shape index (κ2) is 6.25. The molecule has 1 aliphatic carbocycles. The number of hydrogen-bond donors (Lipinski definition) is 1. The molecule has 0 radical (unpaired) electrons. The molecule has 0 saturated carbocycles. The summed E-state index contributed by atoms with van der Waals surface area (Å²) in [6.07, 6.45) is 5.70. The van der Waals surface area contributed by atoms with Crippen LogP contribution in [-0.4, -0.2) is 35.1 Å².